The van der Waals surface area contributed by atoms with Gasteiger partial charge in [0.05, 0.1) is 38.0 Å². The molecule has 0 amide bonds. The highest BCUT2D eigenvalue weighted by Gasteiger charge is 2.22. The summed E-state index contributed by atoms with van der Waals surface area (Å²) in [5, 5.41) is 8.15. The molecule has 0 unspecified atom stereocenters. The second kappa shape index (κ2) is 10.1. The summed E-state index contributed by atoms with van der Waals surface area (Å²) in [4.78, 5) is 10.7. The van der Waals surface area contributed by atoms with Crippen molar-refractivity contribution in [3.05, 3.63) is 152 Å². The van der Waals surface area contributed by atoms with E-state index in [1.807, 2.05) is 18.2 Å². The fraction of sp³-hybridized carbons (Fsp3) is 0. The molecule has 0 atom stereocenters. The van der Waals surface area contributed by atoms with E-state index < -0.39 is 0 Å². The molecule has 0 fully saturated rings. The Hall–Kier alpha value is -6.30. The second-order valence-corrected chi connectivity index (χ2v) is 13.6. The van der Waals surface area contributed by atoms with E-state index in [4.69, 9.17) is 14.4 Å². The topological polar surface area (TPSA) is 43.9 Å². The van der Waals surface area contributed by atoms with Crippen LogP contribution >= 0.6 is 11.3 Å². The Morgan fingerprint density at radius 1 is 0.510 bits per heavy atom. The highest BCUT2D eigenvalue weighted by atomic mass is 32.1. The van der Waals surface area contributed by atoms with E-state index in [9.17, 15) is 0 Å². The maximum atomic E-state index is 6.64. The first kappa shape index (κ1) is 26.7. The molecule has 0 bridgehead atoms. The predicted octanol–water partition coefficient (Wildman–Crippen LogP) is 12.3. The molecule has 4 aromatic heterocycles. The minimum atomic E-state index is 0.671. The third kappa shape index (κ3) is 3.91. The Morgan fingerprint density at radius 3 is 2.10 bits per heavy atom. The van der Waals surface area contributed by atoms with Crippen LogP contribution in [0, 0.1) is 0 Å². The van der Waals surface area contributed by atoms with Crippen LogP contribution < -0.4 is 0 Å². The van der Waals surface area contributed by atoms with Crippen molar-refractivity contribution in [1.29, 1.82) is 0 Å². The summed E-state index contributed by atoms with van der Waals surface area (Å²) in [6.45, 7) is 0. The molecule has 4 heterocycles. The molecule has 0 saturated heterocycles. The highest BCUT2D eigenvalue weighted by Crippen LogP contribution is 2.43. The van der Waals surface area contributed by atoms with Crippen molar-refractivity contribution in [3.63, 3.8) is 0 Å². The Balaban J connectivity index is 1.28. The van der Waals surface area contributed by atoms with Gasteiger partial charge in [0, 0.05) is 37.4 Å². The maximum absolute atomic E-state index is 6.64. The zero-order valence-corrected chi connectivity index (χ0v) is 26.9. The molecule has 0 saturated carbocycles. The van der Waals surface area contributed by atoms with Gasteiger partial charge in [-0.2, -0.15) is 0 Å². The van der Waals surface area contributed by atoms with Crippen molar-refractivity contribution in [3.8, 4) is 28.3 Å². The summed E-state index contributed by atoms with van der Waals surface area (Å²) < 4.78 is 11.3. The first-order chi connectivity index (χ1) is 24.3. The van der Waals surface area contributed by atoms with E-state index in [0.717, 1.165) is 71.1 Å². The Morgan fingerprint density at radius 2 is 1.22 bits per heavy atom. The van der Waals surface area contributed by atoms with Gasteiger partial charge in [0.1, 0.15) is 11.2 Å². The number of furan rings is 1. The number of thiophene rings is 1. The van der Waals surface area contributed by atoms with Crippen molar-refractivity contribution in [1.82, 2.24) is 14.5 Å². The minimum Gasteiger partial charge on any atom is -0.456 e. The van der Waals surface area contributed by atoms with Gasteiger partial charge in [-0.25, -0.2) is 9.97 Å². The van der Waals surface area contributed by atoms with E-state index >= 15 is 0 Å². The average Bonchev–Trinajstić information content (AvgIpc) is 3.83. The van der Waals surface area contributed by atoms with Crippen LogP contribution in [0.1, 0.15) is 0 Å². The first-order valence-corrected chi connectivity index (χ1v) is 17.2. The molecular weight excluding hydrogens is 619 g/mol. The predicted molar refractivity (Wildman–Crippen MR) is 205 cm³/mol. The Bertz CT molecular complexity index is 3110. The molecule has 11 aromatic rings. The van der Waals surface area contributed by atoms with Crippen molar-refractivity contribution in [2.24, 2.45) is 0 Å². The number of benzene rings is 7. The number of fused-ring (bicyclic) bond motifs is 10. The third-order valence-electron chi connectivity index (χ3n) is 9.76. The largest absolute Gasteiger partial charge is 0.456 e. The number of para-hydroxylation sites is 2. The molecule has 49 heavy (non-hydrogen) atoms. The van der Waals surface area contributed by atoms with Crippen molar-refractivity contribution in [2.75, 3.05) is 0 Å². The van der Waals surface area contributed by atoms with Crippen LogP contribution in [0.25, 0.3) is 103 Å². The number of hydrogen-bond donors (Lipinski definition) is 0. The van der Waals surface area contributed by atoms with Crippen LogP contribution in [0.5, 0.6) is 0 Å². The maximum Gasteiger partial charge on any atom is 0.160 e. The molecule has 5 heteroatoms. The minimum absolute atomic E-state index is 0.671. The monoisotopic (exact) mass is 643 g/mol. The van der Waals surface area contributed by atoms with Crippen LogP contribution in [0.3, 0.4) is 0 Å². The summed E-state index contributed by atoms with van der Waals surface area (Å²) in [6.07, 6.45) is 0. The van der Waals surface area contributed by atoms with Gasteiger partial charge in [-0.3, -0.25) is 0 Å². The van der Waals surface area contributed by atoms with Crippen molar-refractivity contribution >= 4 is 86.2 Å². The van der Waals surface area contributed by atoms with Gasteiger partial charge in [0.2, 0.25) is 0 Å². The van der Waals surface area contributed by atoms with Gasteiger partial charge < -0.3 is 8.98 Å². The summed E-state index contributed by atoms with van der Waals surface area (Å²) >= 11 is 1.75. The fourth-order valence-electron chi connectivity index (χ4n) is 7.56. The fourth-order valence-corrected chi connectivity index (χ4v) is 8.72. The third-order valence-corrected chi connectivity index (χ3v) is 10.9. The van der Waals surface area contributed by atoms with Crippen LogP contribution in [-0.4, -0.2) is 14.5 Å². The molecular formula is C44H25N3OS. The summed E-state index contributed by atoms with van der Waals surface area (Å²) in [6, 6.07) is 53.6. The Kier molecular flexibility index (Phi) is 5.51. The van der Waals surface area contributed by atoms with Gasteiger partial charge in [-0.1, -0.05) is 109 Å². The quantitative estimate of drug-likeness (QED) is 0.192. The van der Waals surface area contributed by atoms with Gasteiger partial charge in [-0.05, 0) is 53.2 Å². The van der Waals surface area contributed by atoms with Crippen LogP contribution in [0.2, 0.25) is 0 Å². The Labute approximate surface area is 284 Å². The van der Waals surface area contributed by atoms with Crippen LogP contribution in [-0.2, 0) is 0 Å². The summed E-state index contributed by atoms with van der Waals surface area (Å²) in [5.41, 5.74) is 8.88. The standard InChI is InChI=1S/C44H25N3OS/c1-2-12-26(13-3-1)41-43-42(32-18-8-11-21-39(32)49-43)46-44(45-41)29-24-36(40-31-17-7-10-20-37(31)48-38(40)25-29)47-34-19-9-6-16-30(34)33-22-27-14-4-5-15-28(27)23-35(33)47/h1-25H. The molecule has 4 nitrogen and oxygen atoms in total. The zero-order chi connectivity index (χ0) is 32.1. The lowest BCUT2D eigenvalue weighted by Gasteiger charge is -2.13. The lowest BCUT2D eigenvalue weighted by molar-refractivity contribution is 0.669. The van der Waals surface area contributed by atoms with E-state index in [2.05, 4.69) is 138 Å². The second-order valence-electron chi connectivity index (χ2n) is 12.6. The number of hydrogen-bond acceptors (Lipinski definition) is 4. The van der Waals surface area contributed by atoms with Gasteiger partial charge in [0.25, 0.3) is 0 Å². The van der Waals surface area contributed by atoms with Crippen LogP contribution in [0.15, 0.2) is 156 Å². The number of nitrogens with zero attached hydrogens (tertiary/aromatic N) is 3. The highest BCUT2D eigenvalue weighted by molar-refractivity contribution is 7.26. The molecule has 228 valence electrons. The zero-order valence-electron chi connectivity index (χ0n) is 26.1. The molecule has 0 spiro atoms. The van der Waals surface area contributed by atoms with Crippen molar-refractivity contribution < 1.29 is 4.42 Å². The van der Waals surface area contributed by atoms with E-state index in [1.54, 1.807) is 11.3 Å². The molecule has 0 radical (unpaired) electrons. The molecule has 0 N–H and O–H groups in total. The molecule has 7 aromatic carbocycles. The SMILES string of the molecule is c1ccc(-c2nc(-c3cc(-n4c5ccccc5c5cc6ccccc6cc54)c4c(c3)oc3ccccc34)nc3c2sc2ccccc23)cc1. The van der Waals surface area contributed by atoms with Crippen LogP contribution in [0.4, 0.5) is 0 Å². The van der Waals surface area contributed by atoms with E-state index in [0.29, 0.717) is 5.82 Å². The molecule has 0 aliphatic carbocycles. The number of rotatable bonds is 3. The van der Waals surface area contributed by atoms with E-state index in [1.165, 1.54) is 26.2 Å². The summed E-state index contributed by atoms with van der Waals surface area (Å²) in [7, 11) is 0. The van der Waals surface area contributed by atoms with Crippen molar-refractivity contribution in [2.45, 2.75) is 0 Å². The van der Waals surface area contributed by atoms with E-state index in [-0.39, 0.29) is 0 Å². The molecule has 0 aliphatic heterocycles. The average molecular weight is 644 g/mol. The lowest BCUT2D eigenvalue weighted by atomic mass is 10.0. The van der Waals surface area contributed by atoms with Gasteiger partial charge in [0.15, 0.2) is 5.82 Å². The first-order valence-electron chi connectivity index (χ1n) is 16.4. The number of aromatic nitrogens is 3. The molecule has 11 rings (SSSR count). The lowest BCUT2D eigenvalue weighted by Crippen LogP contribution is -1.98. The van der Waals surface area contributed by atoms with Gasteiger partial charge in [-0.15, -0.1) is 11.3 Å². The smallest absolute Gasteiger partial charge is 0.160 e. The summed E-state index contributed by atoms with van der Waals surface area (Å²) in [5.74, 6) is 0.671. The normalized spacial score (nSPS) is 12.1. The van der Waals surface area contributed by atoms with Gasteiger partial charge >= 0.3 is 0 Å². The molecule has 0 aliphatic rings.